The van der Waals surface area contributed by atoms with Crippen LogP contribution in [0.1, 0.15) is 29.9 Å². The zero-order chi connectivity index (χ0) is 11.7. The van der Waals surface area contributed by atoms with Crippen molar-refractivity contribution >= 4 is 0 Å². The molecule has 3 heteroatoms. The molecule has 1 aromatic heterocycles. The first-order valence-electron chi connectivity index (χ1n) is 5.38. The molecule has 1 aromatic carbocycles. The predicted molar refractivity (Wildman–Crippen MR) is 64.0 cm³/mol. The Morgan fingerprint density at radius 1 is 1.31 bits per heavy atom. The van der Waals surface area contributed by atoms with Gasteiger partial charge in [0.1, 0.15) is 5.69 Å². The van der Waals surface area contributed by atoms with E-state index in [2.05, 4.69) is 25.1 Å². The van der Waals surface area contributed by atoms with Crippen LogP contribution in [0.15, 0.2) is 28.8 Å². The summed E-state index contributed by atoms with van der Waals surface area (Å²) in [7, 11) is 0. The van der Waals surface area contributed by atoms with Crippen molar-refractivity contribution in [2.45, 2.75) is 26.8 Å². The van der Waals surface area contributed by atoms with Crippen LogP contribution in [-0.2, 0) is 0 Å². The predicted octanol–water partition coefficient (Wildman–Crippen LogP) is 2.98. The summed E-state index contributed by atoms with van der Waals surface area (Å²) < 4.78 is 5.20. The molecule has 2 N–H and O–H groups in total. The van der Waals surface area contributed by atoms with E-state index in [0.717, 1.165) is 17.0 Å². The first-order valence-corrected chi connectivity index (χ1v) is 5.38. The Morgan fingerprint density at radius 3 is 2.69 bits per heavy atom. The number of rotatable bonds is 2. The zero-order valence-corrected chi connectivity index (χ0v) is 9.82. The molecule has 1 heterocycles. The third-order valence-electron chi connectivity index (χ3n) is 2.86. The first kappa shape index (κ1) is 10.9. The van der Waals surface area contributed by atoms with Gasteiger partial charge in [0.25, 0.3) is 0 Å². The second-order valence-corrected chi connectivity index (χ2v) is 4.15. The van der Waals surface area contributed by atoms with E-state index in [4.69, 9.17) is 10.3 Å². The molecule has 0 spiro atoms. The SMILES string of the molecule is Cc1cccc(-c2cc(C(C)N)on2)c1C. The van der Waals surface area contributed by atoms with Crippen LogP contribution in [0.5, 0.6) is 0 Å². The van der Waals surface area contributed by atoms with E-state index in [0.29, 0.717) is 0 Å². The molecule has 3 nitrogen and oxygen atoms in total. The molecule has 0 aliphatic heterocycles. The van der Waals surface area contributed by atoms with E-state index in [1.807, 2.05) is 25.1 Å². The van der Waals surface area contributed by atoms with E-state index in [1.165, 1.54) is 11.1 Å². The highest BCUT2D eigenvalue weighted by atomic mass is 16.5. The third-order valence-corrected chi connectivity index (χ3v) is 2.86. The molecule has 1 unspecified atom stereocenters. The van der Waals surface area contributed by atoms with Gasteiger partial charge in [0.05, 0.1) is 6.04 Å². The van der Waals surface area contributed by atoms with Crippen molar-refractivity contribution in [3.8, 4) is 11.3 Å². The van der Waals surface area contributed by atoms with Gasteiger partial charge in [0.15, 0.2) is 5.76 Å². The van der Waals surface area contributed by atoms with Crippen LogP contribution in [0.25, 0.3) is 11.3 Å². The average Bonchev–Trinajstić information content (AvgIpc) is 2.71. The Morgan fingerprint density at radius 2 is 2.06 bits per heavy atom. The lowest BCUT2D eigenvalue weighted by Crippen LogP contribution is -2.02. The first-order chi connectivity index (χ1) is 7.59. The zero-order valence-electron chi connectivity index (χ0n) is 9.82. The number of hydrogen-bond acceptors (Lipinski definition) is 3. The molecular weight excluding hydrogens is 200 g/mol. The molecule has 16 heavy (non-hydrogen) atoms. The molecule has 0 fully saturated rings. The Balaban J connectivity index is 2.47. The molecule has 0 bridgehead atoms. The maximum absolute atomic E-state index is 5.74. The van der Waals surface area contributed by atoms with E-state index < -0.39 is 0 Å². The third kappa shape index (κ3) is 1.86. The molecule has 84 valence electrons. The molecule has 0 saturated carbocycles. The summed E-state index contributed by atoms with van der Waals surface area (Å²) in [4.78, 5) is 0. The van der Waals surface area contributed by atoms with Crippen molar-refractivity contribution < 1.29 is 4.52 Å². The molecule has 0 aliphatic carbocycles. The quantitative estimate of drug-likeness (QED) is 0.839. The highest BCUT2D eigenvalue weighted by Gasteiger charge is 2.11. The number of aromatic nitrogens is 1. The summed E-state index contributed by atoms with van der Waals surface area (Å²) in [5, 5.41) is 4.05. The van der Waals surface area contributed by atoms with E-state index >= 15 is 0 Å². The van der Waals surface area contributed by atoms with Crippen LogP contribution in [0.2, 0.25) is 0 Å². The molecule has 0 aliphatic rings. The molecule has 0 saturated heterocycles. The molecular formula is C13H16N2O. The van der Waals surface area contributed by atoms with Gasteiger partial charge in [-0.25, -0.2) is 0 Å². The molecule has 1 atom stereocenters. The highest BCUT2D eigenvalue weighted by molar-refractivity contribution is 5.64. The fourth-order valence-electron chi connectivity index (χ4n) is 1.66. The van der Waals surface area contributed by atoms with Gasteiger partial charge in [0, 0.05) is 11.6 Å². The Kier molecular flexibility index (Phi) is 2.79. The van der Waals surface area contributed by atoms with Crippen molar-refractivity contribution in [2.24, 2.45) is 5.73 Å². The van der Waals surface area contributed by atoms with Gasteiger partial charge < -0.3 is 10.3 Å². The number of nitrogens with zero attached hydrogens (tertiary/aromatic N) is 1. The van der Waals surface area contributed by atoms with Crippen LogP contribution in [0.4, 0.5) is 0 Å². The molecule has 2 aromatic rings. The van der Waals surface area contributed by atoms with Crippen molar-refractivity contribution in [1.29, 1.82) is 0 Å². The van der Waals surface area contributed by atoms with Crippen molar-refractivity contribution in [3.63, 3.8) is 0 Å². The van der Waals surface area contributed by atoms with Crippen LogP contribution >= 0.6 is 0 Å². The van der Waals surface area contributed by atoms with Crippen molar-refractivity contribution in [2.75, 3.05) is 0 Å². The number of hydrogen-bond donors (Lipinski definition) is 1. The summed E-state index contributed by atoms with van der Waals surface area (Å²) in [5.74, 6) is 0.718. The highest BCUT2D eigenvalue weighted by Crippen LogP contribution is 2.26. The molecule has 2 rings (SSSR count). The van der Waals surface area contributed by atoms with Crippen molar-refractivity contribution in [3.05, 3.63) is 41.2 Å². The van der Waals surface area contributed by atoms with Gasteiger partial charge >= 0.3 is 0 Å². The minimum absolute atomic E-state index is 0.119. The number of nitrogens with two attached hydrogens (primary N) is 1. The van der Waals surface area contributed by atoms with Crippen LogP contribution in [-0.4, -0.2) is 5.16 Å². The van der Waals surface area contributed by atoms with Gasteiger partial charge in [-0.1, -0.05) is 23.4 Å². The Hall–Kier alpha value is -1.61. The van der Waals surface area contributed by atoms with Gasteiger partial charge in [-0.3, -0.25) is 0 Å². The fraction of sp³-hybridized carbons (Fsp3) is 0.308. The molecule has 0 amide bonds. The van der Waals surface area contributed by atoms with E-state index in [-0.39, 0.29) is 6.04 Å². The topological polar surface area (TPSA) is 52.0 Å². The fourth-order valence-corrected chi connectivity index (χ4v) is 1.66. The lowest BCUT2D eigenvalue weighted by atomic mass is 10.0. The van der Waals surface area contributed by atoms with E-state index in [1.54, 1.807) is 0 Å². The van der Waals surface area contributed by atoms with E-state index in [9.17, 15) is 0 Å². The minimum atomic E-state index is -0.119. The maximum Gasteiger partial charge on any atom is 0.153 e. The smallest absolute Gasteiger partial charge is 0.153 e. The summed E-state index contributed by atoms with van der Waals surface area (Å²) >= 11 is 0. The second-order valence-electron chi connectivity index (χ2n) is 4.15. The van der Waals surface area contributed by atoms with Crippen LogP contribution in [0, 0.1) is 13.8 Å². The minimum Gasteiger partial charge on any atom is -0.359 e. The standard InChI is InChI=1S/C13H16N2O/c1-8-5-4-6-11(9(8)2)12-7-13(10(3)14)16-15-12/h4-7,10H,14H2,1-3H3. The van der Waals surface area contributed by atoms with Crippen LogP contribution < -0.4 is 5.73 Å². The van der Waals surface area contributed by atoms with Gasteiger partial charge in [0.2, 0.25) is 0 Å². The lowest BCUT2D eigenvalue weighted by Gasteiger charge is -2.04. The second kappa shape index (κ2) is 4.10. The maximum atomic E-state index is 5.74. The summed E-state index contributed by atoms with van der Waals surface area (Å²) in [5.41, 5.74) is 10.2. The van der Waals surface area contributed by atoms with Crippen molar-refractivity contribution in [1.82, 2.24) is 5.16 Å². The Labute approximate surface area is 95.3 Å². The summed E-state index contributed by atoms with van der Waals surface area (Å²) in [6, 6.07) is 7.95. The normalized spacial score (nSPS) is 12.8. The van der Waals surface area contributed by atoms with Gasteiger partial charge in [-0.2, -0.15) is 0 Å². The average molecular weight is 216 g/mol. The van der Waals surface area contributed by atoms with Gasteiger partial charge in [-0.15, -0.1) is 0 Å². The lowest BCUT2D eigenvalue weighted by molar-refractivity contribution is 0.369. The Bertz CT molecular complexity index is 500. The van der Waals surface area contributed by atoms with Crippen LogP contribution in [0.3, 0.4) is 0 Å². The molecule has 0 radical (unpaired) electrons. The number of aryl methyl sites for hydroxylation is 1. The van der Waals surface area contributed by atoms with Gasteiger partial charge in [-0.05, 0) is 31.9 Å². The monoisotopic (exact) mass is 216 g/mol. The largest absolute Gasteiger partial charge is 0.359 e. The summed E-state index contributed by atoms with van der Waals surface area (Å²) in [6.45, 7) is 6.06. The summed E-state index contributed by atoms with van der Waals surface area (Å²) in [6.07, 6.45) is 0. The number of benzene rings is 1.